The molecule has 1 unspecified atom stereocenters. The van der Waals surface area contributed by atoms with Gasteiger partial charge in [-0.3, -0.25) is 10.3 Å². The first kappa shape index (κ1) is 12.5. The van der Waals surface area contributed by atoms with E-state index in [2.05, 4.69) is 18.7 Å². The zero-order chi connectivity index (χ0) is 11.3. The van der Waals surface area contributed by atoms with Crippen molar-refractivity contribution in [3.05, 3.63) is 0 Å². The maximum Gasteiger partial charge on any atom is 0.0921 e. The van der Waals surface area contributed by atoms with Gasteiger partial charge in [0.2, 0.25) is 0 Å². The molecule has 3 N–H and O–H groups in total. The Morgan fingerprint density at radius 3 is 2.53 bits per heavy atom. The van der Waals surface area contributed by atoms with Crippen LogP contribution in [0.3, 0.4) is 0 Å². The first-order chi connectivity index (χ1) is 7.17. The molecule has 0 heterocycles. The zero-order valence-corrected chi connectivity index (χ0v) is 10.1. The van der Waals surface area contributed by atoms with Gasteiger partial charge in [-0.1, -0.05) is 13.8 Å². The summed E-state index contributed by atoms with van der Waals surface area (Å²) in [6.07, 6.45) is 5.84. The van der Waals surface area contributed by atoms with Crippen LogP contribution in [0.15, 0.2) is 0 Å². The van der Waals surface area contributed by atoms with E-state index in [1.807, 2.05) is 0 Å². The largest absolute Gasteiger partial charge is 0.388 e. The average molecular weight is 211 g/mol. The molecule has 0 aliphatic heterocycles. The summed E-state index contributed by atoms with van der Waals surface area (Å²) in [6.45, 7) is 6.80. The fourth-order valence-electron chi connectivity index (χ4n) is 2.13. The molecule has 15 heavy (non-hydrogen) atoms. The molecule has 0 aromatic rings. The van der Waals surface area contributed by atoms with E-state index >= 15 is 0 Å². The summed E-state index contributed by atoms with van der Waals surface area (Å²) in [7, 11) is 0. The number of nitrogens with two attached hydrogens (primary N) is 1. The van der Waals surface area contributed by atoms with Crippen molar-refractivity contribution in [2.75, 3.05) is 13.1 Å². The van der Waals surface area contributed by atoms with Crippen LogP contribution >= 0.6 is 0 Å². The Morgan fingerprint density at radius 1 is 1.47 bits per heavy atom. The van der Waals surface area contributed by atoms with Gasteiger partial charge in [-0.15, -0.1) is 0 Å². The second-order valence-corrected chi connectivity index (χ2v) is 4.73. The van der Waals surface area contributed by atoms with Crippen LogP contribution in [-0.4, -0.2) is 29.9 Å². The van der Waals surface area contributed by atoms with E-state index in [9.17, 15) is 0 Å². The van der Waals surface area contributed by atoms with E-state index in [1.165, 1.54) is 25.8 Å². The monoisotopic (exact) mass is 211 g/mol. The van der Waals surface area contributed by atoms with E-state index in [-0.39, 0.29) is 0 Å². The van der Waals surface area contributed by atoms with Gasteiger partial charge >= 0.3 is 0 Å². The normalized spacial score (nSPS) is 18.1. The Morgan fingerprint density at radius 2 is 2.13 bits per heavy atom. The summed E-state index contributed by atoms with van der Waals surface area (Å²) < 4.78 is 0. The Bertz CT molecular complexity index is 199. The minimum Gasteiger partial charge on any atom is -0.388 e. The summed E-state index contributed by atoms with van der Waals surface area (Å²) in [5, 5.41) is 7.40. The second kappa shape index (κ2) is 6.11. The van der Waals surface area contributed by atoms with Crippen LogP contribution in [0.25, 0.3) is 0 Å². The van der Waals surface area contributed by atoms with Gasteiger partial charge in [0.15, 0.2) is 0 Å². The molecule has 1 saturated carbocycles. The number of hydrogen-bond donors (Lipinski definition) is 2. The molecule has 1 rings (SSSR count). The van der Waals surface area contributed by atoms with E-state index in [4.69, 9.17) is 11.1 Å². The van der Waals surface area contributed by atoms with Gasteiger partial charge in [0, 0.05) is 19.0 Å². The smallest absolute Gasteiger partial charge is 0.0921 e. The first-order valence-electron chi connectivity index (χ1n) is 6.24. The van der Waals surface area contributed by atoms with Crippen LogP contribution in [0.4, 0.5) is 0 Å². The number of nitrogens with one attached hydrogen (secondary N) is 1. The van der Waals surface area contributed by atoms with E-state index in [0.29, 0.717) is 11.9 Å². The Labute approximate surface area is 93.5 Å². The maximum atomic E-state index is 7.40. The molecule has 0 spiro atoms. The predicted octanol–water partition coefficient (Wildman–Crippen LogP) is 2.21. The highest BCUT2D eigenvalue weighted by molar-refractivity contribution is 5.77. The quantitative estimate of drug-likeness (QED) is 0.478. The molecular formula is C12H25N3. The lowest BCUT2D eigenvalue weighted by Crippen LogP contribution is -2.39. The maximum absolute atomic E-state index is 7.40. The third kappa shape index (κ3) is 4.65. The molecule has 0 bridgehead atoms. The predicted molar refractivity (Wildman–Crippen MR) is 65.2 cm³/mol. The van der Waals surface area contributed by atoms with Crippen LogP contribution < -0.4 is 5.73 Å². The van der Waals surface area contributed by atoms with E-state index in [0.717, 1.165) is 25.3 Å². The fraction of sp³-hybridized carbons (Fsp3) is 0.917. The van der Waals surface area contributed by atoms with Crippen molar-refractivity contribution in [2.45, 2.75) is 52.0 Å². The van der Waals surface area contributed by atoms with Gasteiger partial charge < -0.3 is 5.73 Å². The second-order valence-electron chi connectivity index (χ2n) is 4.73. The van der Waals surface area contributed by atoms with Crippen molar-refractivity contribution in [1.29, 1.82) is 5.41 Å². The standard InChI is InChI=1S/C12H25N3/c1-3-7-15(9-10-5-6-10)11(4-2)8-12(13)14/h10-11H,3-9H2,1-2H3,(H3,13,14). The number of hydrogen-bond acceptors (Lipinski definition) is 2. The van der Waals surface area contributed by atoms with Crippen molar-refractivity contribution in [1.82, 2.24) is 4.90 Å². The molecule has 0 saturated heterocycles. The molecule has 0 aromatic heterocycles. The molecule has 1 aliphatic carbocycles. The lowest BCUT2D eigenvalue weighted by atomic mass is 10.1. The van der Waals surface area contributed by atoms with Gasteiger partial charge in [-0.2, -0.15) is 0 Å². The minimum absolute atomic E-state index is 0.332. The SMILES string of the molecule is CCCN(CC1CC1)C(CC)CC(=N)N. The highest BCUT2D eigenvalue weighted by atomic mass is 15.2. The number of nitrogens with zero attached hydrogens (tertiary/aromatic N) is 1. The van der Waals surface area contributed by atoms with Crippen molar-refractivity contribution < 1.29 is 0 Å². The molecule has 3 nitrogen and oxygen atoms in total. The van der Waals surface area contributed by atoms with Crippen LogP contribution in [0.1, 0.15) is 46.0 Å². The third-order valence-electron chi connectivity index (χ3n) is 3.14. The van der Waals surface area contributed by atoms with Crippen molar-refractivity contribution >= 4 is 5.84 Å². The number of rotatable bonds is 8. The summed E-state index contributed by atoms with van der Waals surface area (Å²) in [6, 6.07) is 0.489. The summed E-state index contributed by atoms with van der Waals surface area (Å²) in [5.41, 5.74) is 5.51. The van der Waals surface area contributed by atoms with Gasteiger partial charge in [-0.05, 0) is 38.1 Å². The molecule has 1 fully saturated rings. The Hall–Kier alpha value is -0.570. The third-order valence-corrected chi connectivity index (χ3v) is 3.14. The topological polar surface area (TPSA) is 53.1 Å². The van der Waals surface area contributed by atoms with Gasteiger partial charge in [0.25, 0.3) is 0 Å². The van der Waals surface area contributed by atoms with Crippen LogP contribution in [0.5, 0.6) is 0 Å². The highest BCUT2D eigenvalue weighted by Crippen LogP contribution is 2.30. The summed E-state index contributed by atoms with van der Waals surface area (Å²) in [5.74, 6) is 1.26. The number of amidine groups is 1. The average Bonchev–Trinajstić information content (AvgIpc) is 2.97. The molecule has 0 amide bonds. The molecule has 3 heteroatoms. The lowest BCUT2D eigenvalue weighted by Gasteiger charge is -2.30. The summed E-state index contributed by atoms with van der Waals surface area (Å²) in [4.78, 5) is 2.54. The van der Waals surface area contributed by atoms with Crippen LogP contribution in [0.2, 0.25) is 0 Å². The molecule has 0 radical (unpaired) electrons. The summed E-state index contributed by atoms with van der Waals surface area (Å²) >= 11 is 0. The van der Waals surface area contributed by atoms with Crippen LogP contribution in [-0.2, 0) is 0 Å². The first-order valence-corrected chi connectivity index (χ1v) is 6.24. The zero-order valence-electron chi connectivity index (χ0n) is 10.1. The van der Waals surface area contributed by atoms with E-state index in [1.54, 1.807) is 0 Å². The molecule has 1 atom stereocenters. The molecule has 1 aliphatic rings. The van der Waals surface area contributed by atoms with Crippen molar-refractivity contribution in [3.8, 4) is 0 Å². The Balaban J connectivity index is 2.44. The van der Waals surface area contributed by atoms with Gasteiger partial charge in [-0.25, -0.2) is 0 Å². The van der Waals surface area contributed by atoms with Crippen molar-refractivity contribution in [2.24, 2.45) is 11.7 Å². The fourth-order valence-corrected chi connectivity index (χ4v) is 2.13. The van der Waals surface area contributed by atoms with Gasteiger partial charge in [0.1, 0.15) is 0 Å². The van der Waals surface area contributed by atoms with Gasteiger partial charge in [0.05, 0.1) is 5.84 Å². The molecular weight excluding hydrogens is 186 g/mol. The van der Waals surface area contributed by atoms with Crippen LogP contribution in [0, 0.1) is 11.3 Å². The highest BCUT2D eigenvalue weighted by Gasteiger charge is 2.27. The lowest BCUT2D eigenvalue weighted by molar-refractivity contribution is 0.186. The van der Waals surface area contributed by atoms with E-state index < -0.39 is 0 Å². The Kier molecular flexibility index (Phi) is 5.09. The van der Waals surface area contributed by atoms with Crippen molar-refractivity contribution in [3.63, 3.8) is 0 Å². The molecule has 0 aromatic carbocycles. The molecule has 88 valence electrons. The minimum atomic E-state index is 0.332.